The number of aryl methyl sites for hydroxylation is 2. The monoisotopic (exact) mass is 482 g/mol. The van der Waals surface area contributed by atoms with Crippen molar-refractivity contribution in [1.29, 1.82) is 0 Å². The van der Waals surface area contributed by atoms with Gasteiger partial charge in [-0.15, -0.1) is 0 Å². The number of nitrogens with zero attached hydrogens (tertiary/aromatic N) is 2. The third kappa shape index (κ3) is 8.66. The fourth-order valence-electron chi connectivity index (χ4n) is 4.42. The maximum Gasteiger partial charge on any atom is 0.307 e. The van der Waals surface area contributed by atoms with Gasteiger partial charge >= 0.3 is 5.97 Å². The summed E-state index contributed by atoms with van der Waals surface area (Å²) in [5, 5.41) is 0. The molecule has 0 aromatic heterocycles. The molecule has 1 aliphatic rings. The lowest BCUT2D eigenvalue weighted by Crippen LogP contribution is -2.47. The predicted molar refractivity (Wildman–Crippen MR) is 144 cm³/mol. The summed E-state index contributed by atoms with van der Waals surface area (Å²) < 4.78 is 5.56. The third-order valence-electron chi connectivity index (χ3n) is 6.52. The van der Waals surface area contributed by atoms with Crippen LogP contribution in [0.15, 0.2) is 52.3 Å². The molecule has 1 heterocycles. The number of esters is 1. The van der Waals surface area contributed by atoms with Gasteiger partial charge in [-0.05, 0) is 44.0 Å². The first-order valence-corrected chi connectivity index (χ1v) is 13.9. The Morgan fingerprint density at radius 3 is 2.32 bits per heavy atom. The molecule has 0 amide bonds. The fraction of sp³-hybridized carbons (Fsp3) is 0.552. The van der Waals surface area contributed by atoms with Crippen molar-refractivity contribution in [3.63, 3.8) is 0 Å². The second-order valence-electron chi connectivity index (χ2n) is 9.46. The van der Waals surface area contributed by atoms with Crippen molar-refractivity contribution in [1.82, 2.24) is 4.90 Å². The lowest BCUT2D eigenvalue weighted by Gasteiger charge is -2.36. The first kappa shape index (κ1) is 26.6. The van der Waals surface area contributed by atoms with Gasteiger partial charge in [-0.1, -0.05) is 87.0 Å². The van der Waals surface area contributed by atoms with Crippen molar-refractivity contribution in [3.05, 3.63) is 53.6 Å². The van der Waals surface area contributed by atoms with Crippen molar-refractivity contribution in [2.24, 2.45) is 0 Å². The molecule has 186 valence electrons. The van der Waals surface area contributed by atoms with Gasteiger partial charge in [0, 0.05) is 42.4 Å². The van der Waals surface area contributed by atoms with E-state index < -0.39 is 0 Å². The van der Waals surface area contributed by atoms with Crippen LogP contribution in [-0.4, -0.2) is 43.8 Å². The Morgan fingerprint density at radius 2 is 1.59 bits per heavy atom. The predicted octanol–water partition coefficient (Wildman–Crippen LogP) is 7.22. The molecule has 0 radical (unpaired) electrons. The van der Waals surface area contributed by atoms with E-state index in [1.54, 1.807) is 0 Å². The Morgan fingerprint density at radius 1 is 0.882 bits per heavy atom. The molecule has 34 heavy (non-hydrogen) atoms. The number of anilines is 1. The van der Waals surface area contributed by atoms with Crippen LogP contribution in [-0.2, 0) is 9.53 Å². The van der Waals surface area contributed by atoms with Crippen molar-refractivity contribution in [3.8, 4) is 0 Å². The Bertz CT molecular complexity index is 893. The largest absolute Gasteiger partial charge is 0.449 e. The smallest absolute Gasteiger partial charge is 0.307 e. The maximum atomic E-state index is 12.1. The molecule has 2 aromatic rings. The van der Waals surface area contributed by atoms with Gasteiger partial charge in [-0.25, -0.2) is 0 Å². The van der Waals surface area contributed by atoms with Gasteiger partial charge in [-0.3, -0.25) is 9.69 Å². The van der Waals surface area contributed by atoms with Crippen LogP contribution >= 0.6 is 11.8 Å². The van der Waals surface area contributed by atoms with Crippen LogP contribution in [0.2, 0.25) is 0 Å². The Kier molecular flexibility index (Phi) is 11.3. The highest BCUT2D eigenvalue weighted by molar-refractivity contribution is 7.99. The molecule has 0 unspecified atom stereocenters. The summed E-state index contributed by atoms with van der Waals surface area (Å²) in [4.78, 5) is 19.4. The topological polar surface area (TPSA) is 32.8 Å². The molecule has 1 fully saturated rings. The summed E-state index contributed by atoms with van der Waals surface area (Å²) in [5.74, 6) is -0.0498. The number of benzene rings is 2. The minimum absolute atomic E-state index is 0.0498. The van der Waals surface area contributed by atoms with E-state index in [0.29, 0.717) is 13.2 Å². The Labute approximate surface area is 211 Å². The molecule has 0 aliphatic carbocycles. The molecule has 3 rings (SSSR count). The average Bonchev–Trinajstić information content (AvgIpc) is 2.84. The van der Waals surface area contributed by atoms with Crippen LogP contribution < -0.4 is 4.90 Å². The quantitative estimate of drug-likeness (QED) is 0.222. The third-order valence-corrected chi connectivity index (χ3v) is 7.76. The van der Waals surface area contributed by atoms with E-state index in [1.807, 2.05) is 11.8 Å². The van der Waals surface area contributed by atoms with Crippen LogP contribution in [0.4, 0.5) is 5.69 Å². The van der Waals surface area contributed by atoms with Gasteiger partial charge in [0.15, 0.2) is 0 Å². The van der Waals surface area contributed by atoms with Crippen LogP contribution in [0, 0.1) is 13.8 Å². The van der Waals surface area contributed by atoms with E-state index in [2.05, 4.69) is 73.0 Å². The second-order valence-corrected chi connectivity index (χ2v) is 10.5. The minimum Gasteiger partial charge on any atom is -0.449 e. The number of ether oxygens (including phenoxy) is 1. The number of piperazine rings is 1. The molecule has 4 nitrogen and oxygen atoms in total. The number of hydrogen-bond donors (Lipinski definition) is 0. The van der Waals surface area contributed by atoms with Crippen molar-refractivity contribution < 1.29 is 9.53 Å². The number of carbonyl (C=O) groups excluding carboxylic acids is 1. The van der Waals surface area contributed by atoms with E-state index >= 15 is 0 Å². The zero-order valence-corrected chi connectivity index (χ0v) is 22.2. The number of carbonyl (C=O) groups is 1. The van der Waals surface area contributed by atoms with E-state index in [0.717, 1.165) is 39.0 Å². The molecule has 1 saturated heterocycles. The Hall–Kier alpha value is -1.98. The van der Waals surface area contributed by atoms with Crippen LogP contribution in [0.25, 0.3) is 0 Å². The standard InChI is InChI=1S/C29H42N2O2S/c1-4-5-6-7-8-9-10-15-29(32)33-23-30-18-20-31(21-19-30)26-13-11-12-14-28(26)34-27-17-16-24(2)22-25(27)3/h11-14,16-17,22H,4-10,15,18-21,23H2,1-3H3. The number of para-hydroxylation sites is 1. The van der Waals surface area contributed by atoms with E-state index in [-0.39, 0.29) is 5.97 Å². The van der Waals surface area contributed by atoms with E-state index in [1.165, 1.54) is 58.7 Å². The van der Waals surface area contributed by atoms with Gasteiger partial charge in [-0.2, -0.15) is 0 Å². The summed E-state index contributed by atoms with van der Waals surface area (Å²) in [5.41, 5.74) is 3.92. The lowest BCUT2D eigenvalue weighted by atomic mass is 10.1. The highest BCUT2D eigenvalue weighted by Gasteiger charge is 2.20. The highest BCUT2D eigenvalue weighted by Crippen LogP contribution is 2.37. The zero-order chi connectivity index (χ0) is 24.2. The summed E-state index contributed by atoms with van der Waals surface area (Å²) in [6.45, 7) is 10.7. The van der Waals surface area contributed by atoms with Gasteiger partial charge in [0.1, 0.15) is 6.73 Å². The van der Waals surface area contributed by atoms with Crippen LogP contribution in [0.5, 0.6) is 0 Å². The van der Waals surface area contributed by atoms with Gasteiger partial charge < -0.3 is 9.64 Å². The van der Waals surface area contributed by atoms with Crippen molar-refractivity contribution >= 4 is 23.4 Å². The number of hydrogen-bond acceptors (Lipinski definition) is 5. The molecular formula is C29H42N2O2S. The maximum absolute atomic E-state index is 12.1. The summed E-state index contributed by atoms with van der Waals surface area (Å²) in [7, 11) is 0. The molecule has 0 atom stereocenters. The molecule has 1 aliphatic heterocycles. The molecular weight excluding hydrogens is 440 g/mol. The molecule has 5 heteroatoms. The van der Waals surface area contributed by atoms with Gasteiger partial charge in [0.05, 0.1) is 5.69 Å². The van der Waals surface area contributed by atoms with Crippen molar-refractivity contribution in [2.75, 3.05) is 37.8 Å². The van der Waals surface area contributed by atoms with E-state index in [9.17, 15) is 4.79 Å². The molecule has 0 N–H and O–H groups in total. The molecule has 0 saturated carbocycles. The SMILES string of the molecule is CCCCCCCCCC(=O)OCN1CCN(c2ccccc2Sc2ccc(C)cc2C)CC1. The second kappa shape index (κ2) is 14.4. The summed E-state index contributed by atoms with van der Waals surface area (Å²) in [6.07, 6.45) is 9.09. The summed E-state index contributed by atoms with van der Waals surface area (Å²) in [6, 6.07) is 15.4. The summed E-state index contributed by atoms with van der Waals surface area (Å²) >= 11 is 1.85. The number of rotatable bonds is 13. The van der Waals surface area contributed by atoms with Crippen LogP contribution in [0.1, 0.15) is 69.4 Å². The zero-order valence-electron chi connectivity index (χ0n) is 21.4. The lowest BCUT2D eigenvalue weighted by molar-refractivity contribution is -0.148. The van der Waals surface area contributed by atoms with Gasteiger partial charge in [0.2, 0.25) is 0 Å². The molecule has 2 aromatic carbocycles. The Balaban J connectivity index is 1.40. The van der Waals surface area contributed by atoms with Crippen molar-refractivity contribution in [2.45, 2.75) is 81.9 Å². The van der Waals surface area contributed by atoms with E-state index in [4.69, 9.17) is 4.74 Å². The normalized spacial score (nSPS) is 14.4. The molecule has 0 spiro atoms. The first-order chi connectivity index (χ1) is 16.6. The highest BCUT2D eigenvalue weighted by atomic mass is 32.2. The minimum atomic E-state index is -0.0498. The molecule has 0 bridgehead atoms. The first-order valence-electron chi connectivity index (χ1n) is 13.0. The van der Waals surface area contributed by atoms with Gasteiger partial charge in [0.25, 0.3) is 0 Å². The van der Waals surface area contributed by atoms with Crippen LogP contribution in [0.3, 0.4) is 0 Å². The fourth-order valence-corrected chi connectivity index (χ4v) is 5.46. The number of unbranched alkanes of at least 4 members (excludes halogenated alkanes) is 6. The average molecular weight is 483 g/mol.